The second-order valence-electron chi connectivity index (χ2n) is 8.60. The van der Waals surface area contributed by atoms with Crippen LogP contribution in [0.5, 0.6) is 0 Å². The number of imidazole rings is 1. The molecule has 0 unspecified atom stereocenters. The molecule has 0 fully saturated rings. The van der Waals surface area contributed by atoms with Crippen LogP contribution in [-0.2, 0) is 38.4 Å². The van der Waals surface area contributed by atoms with E-state index in [1.54, 1.807) is 18.6 Å². The maximum Gasteiger partial charge on any atom is 0.416 e. The fraction of sp³-hybridized carbons (Fsp3) is 0.269. The lowest BCUT2D eigenvalue weighted by Crippen LogP contribution is -2.11. The van der Waals surface area contributed by atoms with Gasteiger partial charge in [-0.25, -0.2) is 4.98 Å². The van der Waals surface area contributed by atoms with Crippen LogP contribution >= 0.6 is 0 Å². The Hall–Kier alpha value is -3.88. The molecule has 35 heavy (non-hydrogen) atoms. The lowest BCUT2D eigenvalue weighted by Gasteiger charge is -2.12. The summed E-state index contributed by atoms with van der Waals surface area (Å²) in [5, 5.41) is 10.0. The normalized spacial score (nSPS) is 12.0. The van der Waals surface area contributed by atoms with Crippen molar-refractivity contribution in [1.29, 1.82) is 0 Å². The van der Waals surface area contributed by atoms with Crippen LogP contribution in [0.4, 0.5) is 13.2 Å². The van der Waals surface area contributed by atoms with Gasteiger partial charge in [0.15, 0.2) is 0 Å². The van der Waals surface area contributed by atoms with Gasteiger partial charge in [-0.05, 0) is 42.5 Å². The number of aromatic amines is 2. The first kappa shape index (κ1) is 22.9. The van der Waals surface area contributed by atoms with Crippen molar-refractivity contribution in [3.05, 3.63) is 101 Å². The molecule has 0 spiro atoms. The number of aryl methyl sites for hydroxylation is 3. The molecule has 0 saturated carbocycles. The van der Waals surface area contributed by atoms with Crippen molar-refractivity contribution in [1.82, 2.24) is 29.7 Å². The highest BCUT2D eigenvalue weighted by atomic mass is 19.4. The molecule has 2 aromatic carbocycles. The molecule has 0 aliphatic rings. The van der Waals surface area contributed by atoms with Crippen LogP contribution < -0.4 is 0 Å². The van der Waals surface area contributed by atoms with Crippen molar-refractivity contribution in [3.8, 4) is 0 Å². The van der Waals surface area contributed by atoms with Gasteiger partial charge in [0.1, 0.15) is 11.6 Å². The Morgan fingerprint density at radius 3 is 2.57 bits per heavy atom. The molecule has 0 radical (unpaired) electrons. The molecule has 0 amide bonds. The molecule has 0 bridgehead atoms. The summed E-state index contributed by atoms with van der Waals surface area (Å²) in [5.41, 5.74) is 3.24. The fourth-order valence-electron chi connectivity index (χ4n) is 4.42. The molecule has 5 rings (SSSR count). The molecule has 6 nitrogen and oxygen atoms in total. The minimum Gasteiger partial charge on any atom is -0.361 e. The van der Waals surface area contributed by atoms with E-state index in [4.69, 9.17) is 0 Å². The quantitative estimate of drug-likeness (QED) is 0.293. The van der Waals surface area contributed by atoms with Crippen molar-refractivity contribution < 1.29 is 13.2 Å². The Morgan fingerprint density at radius 2 is 1.74 bits per heavy atom. The average molecular weight is 479 g/mol. The van der Waals surface area contributed by atoms with Gasteiger partial charge in [-0.3, -0.25) is 0 Å². The molecule has 2 N–H and O–H groups in total. The smallest absolute Gasteiger partial charge is 0.361 e. The standard InChI is InChI=1S/C26H25F3N6/c27-26(28,29)20-6-3-5-18(13-20)14-25-34-33-24(35(25)12-4-7-21-16-30-17-32-21)11-10-19-15-31-23-9-2-1-8-22(19)23/h1-3,5-6,8-9,13,15-17,31H,4,7,10-12,14H2,(H,30,32). The summed E-state index contributed by atoms with van der Waals surface area (Å²) in [4.78, 5) is 10.5. The van der Waals surface area contributed by atoms with Crippen molar-refractivity contribution in [3.63, 3.8) is 0 Å². The molecule has 9 heteroatoms. The Labute approximate surface area is 200 Å². The van der Waals surface area contributed by atoms with Crippen LogP contribution in [-0.4, -0.2) is 29.7 Å². The first-order valence-corrected chi connectivity index (χ1v) is 11.6. The number of hydrogen-bond donors (Lipinski definition) is 2. The maximum absolute atomic E-state index is 13.2. The minimum absolute atomic E-state index is 0.286. The number of hydrogen-bond acceptors (Lipinski definition) is 3. The molecule has 180 valence electrons. The van der Waals surface area contributed by atoms with E-state index in [9.17, 15) is 13.2 Å². The molecule has 0 aliphatic carbocycles. The Balaban J connectivity index is 1.37. The first-order chi connectivity index (χ1) is 17.0. The zero-order valence-corrected chi connectivity index (χ0v) is 19.0. The number of H-pyrrole nitrogens is 2. The van der Waals surface area contributed by atoms with Gasteiger partial charge in [-0.2, -0.15) is 13.2 Å². The van der Waals surface area contributed by atoms with Crippen molar-refractivity contribution in [2.24, 2.45) is 0 Å². The van der Waals surface area contributed by atoms with E-state index in [0.29, 0.717) is 24.4 Å². The van der Waals surface area contributed by atoms with E-state index in [2.05, 4.69) is 35.8 Å². The summed E-state index contributed by atoms with van der Waals surface area (Å²) >= 11 is 0. The van der Waals surface area contributed by atoms with E-state index in [0.717, 1.165) is 42.4 Å². The van der Waals surface area contributed by atoms with Crippen LogP contribution in [0.15, 0.2) is 67.3 Å². The summed E-state index contributed by atoms with van der Waals surface area (Å²) in [6.45, 7) is 0.670. The Kier molecular flexibility index (Phi) is 6.39. The van der Waals surface area contributed by atoms with Gasteiger partial charge in [0.2, 0.25) is 0 Å². The van der Waals surface area contributed by atoms with Gasteiger partial charge in [0.25, 0.3) is 0 Å². The van der Waals surface area contributed by atoms with Crippen LogP contribution in [0.25, 0.3) is 10.9 Å². The van der Waals surface area contributed by atoms with Crippen LogP contribution in [0.1, 0.15) is 40.5 Å². The van der Waals surface area contributed by atoms with E-state index < -0.39 is 11.7 Å². The third-order valence-corrected chi connectivity index (χ3v) is 6.20. The van der Waals surface area contributed by atoms with Crippen LogP contribution in [0.3, 0.4) is 0 Å². The van der Waals surface area contributed by atoms with E-state index in [1.807, 2.05) is 24.4 Å². The summed E-state index contributed by atoms with van der Waals surface area (Å²) in [5.74, 6) is 1.50. The number of rotatable bonds is 9. The van der Waals surface area contributed by atoms with Crippen LogP contribution in [0.2, 0.25) is 0 Å². The van der Waals surface area contributed by atoms with Gasteiger partial charge < -0.3 is 14.5 Å². The van der Waals surface area contributed by atoms with E-state index in [1.165, 1.54) is 23.1 Å². The Morgan fingerprint density at radius 1 is 0.886 bits per heavy atom. The summed E-state index contributed by atoms with van der Waals surface area (Å²) < 4.78 is 41.6. The third-order valence-electron chi connectivity index (χ3n) is 6.20. The minimum atomic E-state index is -4.38. The molecule has 3 aromatic heterocycles. The number of benzene rings is 2. The molecular weight excluding hydrogens is 453 g/mol. The first-order valence-electron chi connectivity index (χ1n) is 11.6. The zero-order chi connectivity index (χ0) is 24.3. The molecular formula is C26H25F3N6. The topological polar surface area (TPSA) is 75.2 Å². The van der Waals surface area contributed by atoms with Gasteiger partial charge in [-0.15, -0.1) is 10.2 Å². The molecule has 0 saturated heterocycles. The second kappa shape index (κ2) is 9.77. The van der Waals surface area contributed by atoms with Crippen LogP contribution in [0, 0.1) is 0 Å². The van der Waals surface area contributed by atoms with Crippen molar-refractivity contribution in [2.75, 3.05) is 0 Å². The Bertz CT molecular complexity index is 1400. The SMILES string of the molecule is FC(F)(F)c1cccc(Cc2nnc(CCc3c[nH]c4ccccc34)n2CCCc2cnc[nH]2)c1. The monoisotopic (exact) mass is 478 g/mol. The summed E-state index contributed by atoms with van der Waals surface area (Å²) in [7, 11) is 0. The van der Waals surface area contributed by atoms with Gasteiger partial charge in [-0.1, -0.05) is 36.4 Å². The number of para-hydroxylation sites is 1. The highest BCUT2D eigenvalue weighted by Gasteiger charge is 2.30. The van der Waals surface area contributed by atoms with E-state index in [-0.39, 0.29) is 6.42 Å². The molecule has 0 atom stereocenters. The number of nitrogens with one attached hydrogen (secondary N) is 2. The summed E-state index contributed by atoms with van der Waals surface area (Å²) in [6.07, 6.45) is 4.49. The zero-order valence-electron chi connectivity index (χ0n) is 19.0. The third kappa shape index (κ3) is 5.29. The second-order valence-corrected chi connectivity index (χ2v) is 8.60. The molecule has 5 aromatic rings. The number of fused-ring (bicyclic) bond motifs is 1. The lowest BCUT2D eigenvalue weighted by molar-refractivity contribution is -0.137. The predicted molar refractivity (Wildman–Crippen MR) is 127 cm³/mol. The predicted octanol–water partition coefficient (Wildman–Crippen LogP) is 5.51. The number of halogens is 3. The maximum atomic E-state index is 13.2. The number of aromatic nitrogens is 6. The highest BCUT2D eigenvalue weighted by Crippen LogP contribution is 2.30. The van der Waals surface area contributed by atoms with Gasteiger partial charge in [0.05, 0.1) is 11.9 Å². The van der Waals surface area contributed by atoms with Gasteiger partial charge in [0, 0.05) is 48.4 Å². The number of nitrogens with zero attached hydrogens (tertiary/aromatic N) is 4. The average Bonchev–Trinajstić information content (AvgIpc) is 3.59. The van der Waals surface area contributed by atoms with Gasteiger partial charge >= 0.3 is 6.18 Å². The lowest BCUT2D eigenvalue weighted by atomic mass is 10.1. The molecule has 0 aliphatic heterocycles. The number of alkyl halides is 3. The molecule has 3 heterocycles. The fourth-order valence-corrected chi connectivity index (χ4v) is 4.42. The van der Waals surface area contributed by atoms with Crippen molar-refractivity contribution in [2.45, 2.75) is 44.8 Å². The summed E-state index contributed by atoms with van der Waals surface area (Å²) in [6, 6.07) is 13.6. The highest BCUT2D eigenvalue weighted by molar-refractivity contribution is 5.83. The van der Waals surface area contributed by atoms with E-state index >= 15 is 0 Å². The van der Waals surface area contributed by atoms with Crippen molar-refractivity contribution >= 4 is 10.9 Å². The largest absolute Gasteiger partial charge is 0.416 e.